The maximum atomic E-state index is 13.6. The molecule has 0 spiro atoms. The van der Waals surface area contributed by atoms with E-state index in [1.165, 1.54) is 52.7 Å². The third-order valence-corrected chi connectivity index (χ3v) is 22.2. The van der Waals surface area contributed by atoms with Crippen molar-refractivity contribution in [3.8, 4) is 46.0 Å². The number of nitrogens with zero attached hydrogens (tertiary/aromatic N) is 6. The summed E-state index contributed by atoms with van der Waals surface area (Å²) in [4.78, 5) is 156. The standard InChI is InChI=1S/C90H134N8O24/c1-13-63(5)74-54-82(115-9)86(58-78(74)95(107)108)119-50-24-34-67(99)28-18-17-19-29-69(101)38-44-93(45-39-70(102)31-21-20-30-68(100)35-25-51-120-87-59-79(96(109)110)75(64(6)14-2)55-83(87)116-10)48-49-94(47-41-72(104)33-23-43-92-90(106)37-27-53-122-89-61-81(98(113)114)77(66(8)16-4)57-85(89)118-12)46-40-71(103)32-22-42-91-62-73(105)36-26-52-121-88-60-80(97(111)112)76(65(7)15-3)56-84(88)117-11/h54-61,63-66,91H,13-53,62H2,1-12H3,(H,92,106). The molecule has 2 N–H and O–H groups in total. The van der Waals surface area contributed by atoms with Gasteiger partial charge < -0.3 is 58.3 Å². The molecule has 4 rings (SSSR count). The zero-order valence-electron chi connectivity index (χ0n) is 74.1. The lowest BCUT2D eigenvalue weighted by Gasteiger charge is -2.27. The molecule has 1 amide bonds. The maximum Gasteiger partial charge on any atom is 0.276 e. The third kappa shape index (κ3) is 38.1. The van der Waals surface area contributed by atoms with Crippen molar-refractivity contribution in [2.45, 2.75) is 265 Å². The van der Waals surface area contributed by atoms with Gasteiger partial charge in [0, 0.05) is 158 Å². The van der Waals surface area contributed by atoms with E-state index in [1.54, 1.807) is 24.3 Å². The van der Waals surface area contributed by atoms with Gasteiger partial charge in [-0.3, -0.25) is 78.8 Å². The second-order valence-electron chi connectivity index (χ2n) is 31.3. The Morgan fingerprint density at radius 1 is 0.311 bits per heavy atom. The van der Waals surface area contributed by atoms with Crippen LogP contribution in [0.1, 0.15) is 288 Å². The molecule has 0 radical (unpaired) electrons. The van der Waals surface area contributed by atoms with Crippen molar-refractivity contribution in [3.05, 3.63) is 111 Å². The van der Waals surface area contributed by atoms with Crippen LogP contribution in [0.15, 0.2) is 48.5 Å². The van der Waals surface area contributed by atoms with Crippen molar-refractivity contribution in [1.29, 1.82) is 0 Å². The average molecular weight is 1710 g/mol. The quantitative estimate of drug-likeness (QED) is 0.0235. The minimum absolute atomic E-state index is 0.00181. The molecule has 0 aromatic heterocycles. The lowest BCUT2D eigenvalue weighted by atomic mass is 9.96. The van der Waals surface area contributed by atoms with Gasteiger partial charge in [-0.25, -0.2) is 0 Å². The maximum absolute atomic E-state index is 13.6. The number of benzene rings is 4. The highest BCUT2D eigenvalue weighted by Gasteiger charge is 2.29. The van der Waals surface area contributed by atoms with E-state index in [0.717, 1.165) is 0 Å². The molecule has 0 fully saturated rings. The molecule has 32 nitrogen and oxygen atoms in total. The molecule has 0 saturated heterocycles. The molecular weight excluding hydrogens is 1580 g/mol. The number of rotatable bonds is 72. The van der Waals surface area contributed by atoms with Gasteiger partial charge in [-0.1, -0.05) is 61.8 Å². The molecule has 122 heavy (non-hydrogen) atoms. The molecule has 32 heteroatoms. The van der Waals surface area contributed by atoms with E-state index in [9.17, 15) is 78.8 Å². The zero-order chi connectivity index (χ0) is 90.1. The van der Waals surface area contributed by atoms with Crippen LogP contribution < -0.4 is 48.5 Å². The lowest BCUT2D eigenvalue weighted by Crippen LogP contribution is -2.39. The molecule has 0 aliphatic heterocycles. The Labute approximate surface area is 718 Å². The number of nitrogens with one attached hydrogen (secondary N) is 2. The van der Waals surface area contributed by atoms with Crippen LogP contribution >= 0.6 is 0 Å². The largest absolute Gasteiger partial charge is 0.493 e. The molecule has 4 aromatic rings. The van der Waals surface area contributed by atoms with Crippen molar-refractivity contribution in [3.63, 3.8) is 0 Å². The Kier molecular flexibility index (Phi) is 49.6. The van der Waals surface area contributed by atoms with Gasteiger partial charge in [-0.05, 0) is 144 Å². The number of ketones is 7. The first-order valence-electron chi connectivity index (χ1n) is 43.5. The number of carbonyl (C=O) groups excluding carboxylic acids is 8. The van der Waals surface area contributed by atoms with Crippen molar-refractivity contribution in [2.75, 3.05) is 114 Å². The fraction of sp³-hybridized carbons (Fsp3) is 0.644. The number of Topliss-reactive ketones (excluding diaryl/α,β-unsaturated/α-hetero) is 7. The van der Waals surface area contributed by atoms with Gasteiger partial charge in [-0.2, -0.15) is 0 Å². The highest BCUT2D eigenvalue weighted by Crippen LogP contribution is 2.43. The second kappa shape index (κ2) is 58.1. The van der Waals surface area contributed by atoms with Crippen LogP contribution in [0.4, 0.5) is 22.7 Å². The summed E-state index contributed by atoms with van der Waals surface area (Å²) in [5, 5.41) is 53.7. The van der Waals surface area contributed by atoms with E-state index in [0.29, 0.717) is 187 Å². The summed E-state index contributed by atoms with van der Waals surface area (Å²) in [7, 11) is 5.83. The Balaban J connectivity index is 1.38. The van der Waals surface area contributed by atoms with Crippen LogP contribution in [0.5, 0.6) is 46.0 Å². The Bertz CT molecular complexity index is 3790. The first-order chi connectivity index (χ1) is 58.4. The van der Waals surface area contributed by atoms with Gasteiger partial charge in [-0.15, -0.1) is 0 Å². The molecule has 4 aromatic carbocycles. The van der Waals surface area contributed by atoms with Crippen molar-refractivity contribution in [2.24, 2.45) is 0 Å². The number of amides is 1. The van der Waals surface area contributed by atoms with Crippen molar-refractivity contribution in [1.82, 2.24) is 20.4 Å². The summed E-state index contributed by atoms with van der Waals surface area (Å²) >= 11 is 0. The molecule has 0 bridgehead atoms. The third-order valence-electron chi connectivity index (χ3n) is 22.2. The average Bonchev–Trinajstić information content (AvgIpc) is 0.826. The topological polar surface area (TPSA) is 413 Å². The van der Waals surface area contributed by atoms with Gasteiger partial charge in [0.1, 0.15) is 40.5 Å². The van der Waals surface area contributed by atoms with Crippen LogP contribution in [-0.2, 0) is 38.4 Å². The van der Waals surface area contributed by atoms with Crippen LogP contribution in [0.2, 0.25) is 0 Å². The summed E-state index contributed by atoms with van der Waals surface area (Å²) in [6.45, 7) is 18.4. The molecule has 4 atom stereocenters. The summed E-state index contributed by atoms with van der Waals surface area (Å²) in [5.41, 5.74) is 1.90. The molecule has 0 heterocycles. The number of hydrogen-bond donors (Lipinski definition) is 2. The van der Waals surface area contributed by atoms with Crippen LogP contribution in [-0.4, -0.2) is 190 Å². The number of ether oxygens (including phenoxy) is 8. The van der Waals surface area contributed by atoms with Crippen molar-refractivity contribution >= 4 is 69.1 Å². The second-order valence-corrected chi connectivity index (χ2v) is 31.3. The minimum Gasteiger partial charge on any atom is -0.493 e. The number of hydrogen-bond acceptors (Lipinski definition) is 27. The van der Waals surface area contributed by atoms with E-state index >= 15 is 0 Å². The van der Waals surface area contributed by atoms with E-state index in [1.807, 2.05) is 65.2 Å². The first-order valence-corrected chi connectivity index (χ1v) is 43.5. The summed E-state index contributed by atoms with van der Waals surface area (Å²) in [6.07, 6.45) is 10.4. The Hall–Kier alpha value is -10.1. The number of carbonyl (C=O) groups is 8. The molecule has 0 saturated carbocycles. The van der Waals surface area contributed by atoms with Crippen molar-refractivity contribution < 1.29 is 95.9 Å². The fourth-order valence-electron chi connectivity index (χ4n) is 13.8. The predicted molar refractivity (Wildman–Crippen MR) is 465 cm³/mol. The van der Waals surface area contributed by atoms with Crippen LogP contribution in [0.25, 0.3) is 0 Å². The van der Waals surface area contributed by atoms with Gasteiger partial charge in [0.2, 0.25) is 5.91 Å². The summed E-state index contributed by atoms with van der Waals surface area (Å²) < 4.78 is 45.4. The summed E-state index contributed by atoms with van der Waals surface area (Å²) in [5.74, 6) is 1.50. The lowest BCUT2D eigenvalue weighted by molar-refractivity contribution is -0.385. The zero-order valence-corrected chi connectivity index (χ0v) is 74.1. The van der Waals surface area contributed by atoms with E-state index < -0.39 is 19.7 Å². The predicted octanol–water partition coefficient (Wildman–Crippen LogP) is 17.1. The molecular formula is C90H134N8O24. The van der Waals surface area contributed by atoms with E-state index in [4.69, 9.17) is 37.9 Å². The fourth-order valence-corrected chi connectivity index (χ4v) is 13.8. The van der Waals surface area contributed by atoms with Gasteiger partial charge in [0.25, 0.3) is 22.7 Å². The Morgan fingerprint density at radius 3 is 0.836 bits per heavy atom. The minimum atomic E-state index is -0.453. The Morgan fingerprint density at radius 2 is 0.557 bits per heavy atom. The number of unbranched alkanes of at least 4 members (excludes halogenated alkanes) is 3. The molecule has 678 valence electrons. The van der Waals surface area contributed by atoms with E-state index in [2.05, 4.69) is 10.6 Å². The first kappa shape index (κ1) is 104. The highest BCUT2D eigenvalue weighted by molar-refractivity contribution is 5.82. The van der Waals surface area contributed by atoms with E-state index in [-0.39, 0.29) is 245 Å². The van der Waals surface area contributed by atoms with Crippen LogP contribution in [0, 0.1) is 40.5 Å². The molecule has 0 aliphatic rings. The molecule has 4 unspecified atom stereocenters. The van der Waals surface area contributed by atoms with Gasteiger partial charge in [0.15, 0.2) is 46.0 Å². The molecule has 0 aliphatic carbocycles. The SMILES string of the molecule is CCC(C)c1cc(OC)c(OCCCC(=O)CCCCCC(=O)CCN(CCC(=O)CCCCC(=O)CCCOc2cc([N+](=O)[O-])c(C(C)CC)cc2OC)CCN(CCC(=O)CCCNCC(=O)CCCOc2cc([N+](=O)[O-])c(C(C)CC)cc2OC)CCC(=O)CCCNC(=O)CCCOc2cc([N+](=O)[O-])c(C(C)CC)cc2OC)cc1[N+](=O)[O-]. The number of nitro benzene ring substituents is 4. The smallest absolute Gasteiger partial charge is 0.276 e. The summed E-state index contributed by atoms with van der Waals surface area (Å²) in [6, 6.07) is 11.9. The highest BCUT2D eigenvalue weighted by atomic mass is 16.6. The number of methoxy groups -OCH3 is 4. The monoisotopic (exact) mass is 1710 g/mol. The number of nitro groups is 4. The normalized spacial score (nSPS) is 12.2. The van der Waals surface area contributed by atoms with Crippen LogP contribution in [0.3, 0.4) is 0 Å². The van der Waals surface area contributed by atoms with Gasteiger partial charge in [0.05, 0.1) is 105 Å². The van der Waals surface area contributed by atoms with Gasteiger partial charge >= 0.3 is 0 Å².